The van der Waals surface area contributed by atoms with Gasteiger partial charge in [-0.2, -0.15) is 0 Å². The number of hydrogen-bond acceptors (Lipinski definition) is 1. The average Bonchev–Trinajstić information content (AvgIpc) is 1.79. The summed E-state index contributed by atoms with van der Waals surface area (Å²) in [6.45, 7) is 0. The second kappa shape index (κ2) is 1.79. The van der Waals surface area contributed by atoms with E-state index in [9.17, 15) is 4.39 Å². The van der Waals surface area contributed by atoms with Crippen molar-refractivity contribution in [2.75, 3.05) is 0 Å². The van der Waals surface area contributed by atoms with Crippen molar-refractivity contribution in [3.8, 4) is 0 Å². The predicted octanol–water partition coefficient (Wildman–Crippen LogP) is 2.06. The highest BCUT2D eigenvalue weighted by molar-refractivity contribution is 5.02. The highest BCUT2D eigenvalue weighted by Crippen LogP contribution is 2.51. The van der Waals surface area contributed by atoms with Gasteiger partial charge in [-0.1, -0.05) is 0 Å². The monoisotopic (exact) mass is 156 g/mol. The Bertz CT molecular complexity index is 155. The standard InChI is InChI=1S/C9H13FO/c10-9-3-6-1-7(4-9)11-8(2-6)5-9/h6-8H,1-5H2. The zero-order valence-corrected chi connectivity index (χ0v) is 6.55. The van der Waals surface area contributed by atoms with E-state index < -0.39 is 5.67 Å². The lowest BCUT2D eigenvalue weighted by atomic mass is 9.66. The van der Waals surface area contributed by atoms with Crippen LogP contribution in [0.25, 0.3) is 0 Å². The minimum Gasteiger partial charge on any atom is -0.375 e. The molecule has 2 aliphatic heterocycles. The van der Waals surface area contributed by atoms with Gasteiger partial charge in [0, 0.05) is 12.8 Å². The first-order valence-corrected chi connectivity index (χ1v) is 4.58. The molecule has 2 unspecified atom stereocenters. The first-order chi connectivity index (χ1) is 5.23. The Hall–Kier alpha value is -0.110. The molecule has 2 aliphatic carbocycles. The number of rotatable bonds is 0. The van der Waals surface area contributed by atoms with E-state index in [0.29, 0.717) is 18.8 Å². The van der Waals surface area contributed by atoms with Gasteiger partial charge >= 0.3 is 0 Å². The highest BCUT2D eigenvalue weighted by atomic mass is 19.1. The molecular weight excluding hydrogens is 143 g/mol. The van der Waals surface area contributed by atoms with Gasteiger partial charge in [-0.25, -0.2) is 4.39 Å². The van der Waals surface area contributed by atoms with Crippen LogP contribution >= 0.6 is 0 Å². The number of halogens is 1. The van der Waals surface area contributed by atoms with E-state index in [1.807, 2.05) is 0 Å². The summed E-state index contributed by atoms with van der Waals surface area (Å²) < 4.78 is 19.5. The van der Waals surface area contributed by atoms with Crippen LogP contribution < -0.4 is 0 Å². The molecule has 0 aromatic heterocycles. The highest BCUT2D eigenvalue weighted by Gasteiger charge is 2.52. The van der Waals surface area contributed by atoms with Gasteiger partial charge in [-0.15, -0.1) is 0 Å². The summed E-state index contributed by atoms with van der Waals surface area (Å²) in [6, 6.07) is 0. The third kappa shape index (κ3) is 0.851. The van der Waals surface area contributed by atoms with Crippen molar-refractivity contribution in [2.24, 2.45) is 5.92 Å². The molecule has 0 radical (unpaired) electrons. The molecule has 1 nitrogen and oxygen atoms in total. The summed E-state index contributed by atoms with van der Waals surface area (Å²) in [7, 11) is 0. The van der Waals surface area contributed by atoms with Crippen molar-refractivity contribution in [1.29, 1.82) is 0 Å². The lowest BCUT2D eigenvalue weighted by Gasteiger charge is -2.52. The molecule has 62 valence electrons. The zero-order valence-electron chi connectivity index (χ0n) is 6.55. The van der Waals surface area contributed by atoms with Crippen LogP contribution in [0, 0.1) is 5.92 Å². The van der Waals surface area contributed by atoms with Crippen LogP contribution in [-0.2, 0) is 4.74 Å². The van der Waals surface area contributed by atoms with E-state index >= 15 is 0 Å². The van der Waals surface area contributed by atoms with Crippen molar-refractivity contribution in [1.82, 2.24) is 0 Å². The van der Waals surface area contributed by atoms with Gasteiger partial charge in [0.25, 0.3) is 0 Å². The molecule has 2 heteroatoms. The molecule has 0 spiro atoms. The first-order valence-electron chi connectivity index (χ1n) is 4.58. The molecule has 2 saturated carbocycles. The zero-order chi connectivity index (χ0) is 7.47. The van der Waals surface area contributed by atoms with Crippen LogP contribution in [0.5, 0.6) is 0 Å². The maximum Gasteiger partial charge on any atom is 0.116 e. The smallest absolute Gasteiger partial charge is 0.116 e. The van der Waals surface area contributed by atoms with Gasteiger partial charge in [0.15, 0.2) is 0 Å². The first kappa shape index (κ1) is 6.41. The molecule has 4 rings (SSSR count). The van der Waals surface area contributed by atoms with E-state index in [1.54, 1.807) is 0 Å². The van der Waals surface area contributed by atoms with Gasteiger partial charge in [-0.05, 0) is 25.2 Å². The Morgan fingerprint density at radius 3 is 2.18 bits per heavy atom. The molecule has 2 saturated heterocycles. The van der Waals surface area contributed by atoms with Gasteiger partial charge in [0.05, 0.1) is 12.2 Å². The molecule has 4 fully saturated rings. The summed E-state index contributed by atoms with van der Waals surface area (Å²) in [5.41, 5.74) is -0.825. The summed E-state index contributed by atoms with van der Waals surface area (Å²) in [5, 5.41) is 0. The van der Waals surface area contributed by atoms with Crippen molar-refractivity contribution in [3.63, 3.8) is 0 Å². The lowest BCUT2D eigenvalue weighted by molar-refractivity contribution is -0.194. The molecule has 4 bridgehead atoms. The van der Waals surface area contributed by atoms with Crippen molar-refractivity contribution in [2.45, 2.75) is 50.0 Å². The maximum absolute atomic E-state index is 13.8. The summed E-state index contributed by atoms with van der Waals surface area (Å²) >= 11 is 0. The minimum atomic E-state index is -0.825. The van der Waals surface area contributed by atoms with Crippen LogP contribution in [0.3, 0.4) is 0 Å². The molecule has 4 aliphatic rings. The van der Waals surface area contributed by atoms with Gasteiger partial charge in [0.1, 0.15) is 5.67 Å². The SMILES string of the molecule is FC12CC3CC(C1)OC(C3)C2. The largest absolute Gasteiger partial charge is 0.375 e. The number of ether oxygens (including phenoxy) is 1. The van der Waals surface area contributed by atoms with E-state index in [1.165, 1.54) is 0 Å². The van der Waals surface area contributed by atoms with Crippen molar-refractivity contribution >= 4 is 0 Å². The molecule has 0 aromatic rings. The third-order valence-corrected chi connectivity index (χ3v) is 3.42. The second-order valence-corrected chi connectivity index (χ2v) is 4.48. The van der Waals surface area contributed by atoms with Crippen LogP contribution in [0.2, 0.25) is 0 Å². The van der Waals surface area contributed by atoms with Gasteiger partial charge in [-0.3, -0.25) is 0 Å². The normalized spacial score (nSPS) is 60.3. The fourth-order valence-electron chi connectivity index (χ4n) is 3.24. The summed E-state index contributed by atoms with van der Waals surface area (Å²) in [6.07, 6.45) is 4.98. The Kier molecular flexibility index (Phi) is 1.04. The lowest BCUT2D eigenvalue weighted by Crippen LogP contribution is -2.53. The fraction of sp³-hybridized carbons (Fsp3) is 1.00. The molecule has 0 amide bonds. The number of alkyl halides is 1. The van der Waals surface area contributed by atoms with Gasteiger partial charge in [0.2, 0.25) is 0 Å². The fourth-order valence-corrected chi connectivity index (χ4v) is 3.24. The molecule has 2 atom stereocenters. The average molecular weight is 156 g/mol. The van der Waals surface area contributed by atoms with E-state index in [4.69, 9.17) is 4.74 Å². The predicted molar refractivity (Wildman–Crippen MR) is 39.1 cm³/mol. The Balaban J connectivity index is 1.94. The molecule has 0 N–H and O–H groups in total. The Morgan fingerprint density at radius 1 is 1.09 bits per heavy atom. The third-order valence-electron chi connectivity index (χ3n) is 3.42. The van der Waals surface area contributed by atoms with E-state index in [-0.39, 0.29) is 12.2 Å². The van der Waals surface area contributed by atoms with Crippen LogP contribution in [-0.4, -0.2) is 17.9 Å². The van der Waals surface area contributed by atoms with Crippen molar-refractivity contribution < 1.29 is 9.13 Å². The second-order valence-electron chi connectivity index (χ2n) is 4.48. The number of hydrogen-bond donors (Lipinski definition) is 0. The quantitative estimate of drug-likeness (QED) is 0.521. The van der Waals surface area contributed by atoms with Crippen LogP contribution in [0.1, 0.15) is 32.1 Å². The summed E-state index contributed by atoms with van der Waals surface area (Å²) in [5.74, 6) is 0.645. The van der Waals surface area contributed by atoms with Crippen LogP contribution in [0.15, 0.2) is 0 Å². The van der Waals surface area contributed by atoms with Crippen molar-refractivity contribution in [3.05, 3.63) is 0 Å². The Morgan fingerprint density at radius 2 is 1.73 bits per heavy atom. The van der Waals surface area contributed by atoms with E-state index in [0.717, 1.165) is 19.3 Å². The maximum atomic E-state index is 13.8. The topological polar surface area (TPSA) is 9.23 Å². The molecule has 11 heavy (non-hydrogen) atoms. The Labute approximate surface area is 65.9 Å². The van der Waals surface area contributed by atoms with E-state index in [2.05, 4.69) is 0 Å². The molecule has 2 heterocycles. The molecule has 0 aromatic carbocycles. The minimum absolute atomic E-state index is 0.270. The summed E-state index contributed by atoms with van der Waals surface area (Å²) in [4.78, 5) is 0. The van der Waals surface area contributed by atoms with Crippen LogP contribution in [0.4, 0.5) is 4.39 Å². The van der Waals surface area contributed by atoms with Gasteiger partial charge < -0.3 is 4.74 Å². The molecular formula is C9H13FO.